The van der Waals surface area contributed by atoms with Crippen LogP contribution in [-0.4, -0.2) is 28.0 Å². The minimum atomic E-state index is 0. The van der Waals surface area contributed by atoms with E-state index in [0.29, 0.717) is 29.3 Å². The van der Waals surface area contributed by atoms with Gasteiger partial charge in [0.15, 0.2) is 0 Å². The molecule has 0 radical (unpaired) electrons. The van der Waals surface area contributed by atoms with Crippen LogP contribution in [0.15, 0.2) is 102 Å². The number of aliphatic imine (C=N–C) groups is 1. The summed E-state index contributed by atoms with van der Waals surface area (Å²) in [6.07, 6.45) is 6.54. The molecule has 51 heavy (non-hydrogen) atoms. The molecule has 1 atom stereocenters. The molecule has 6 heteroatoms. The van der Waals surface area contributed by atoms with Crippen molar-refractivity contribution in [3.63, 3.8) is 0 Å². The predicted octanol–water partition coefficient (Wildman–Crippen LogP) is 11.7. The molecule has 0 spiro atoms. The van der Waals surface area contributed by atoms with Gasteiger partial charge in [0.05, 0.1) is 11.9 Å². The summed E-state index contributed by atoms with van der Waals surface area (Å²) in [7, 11) is 0. The van der Waals surface area contributed by atoms with Crippen molar-refractivity contribution < 1.29 is 25.8 Å². The van der Waals surface area contributed by atoms with Crippen LogP contribution in [0.4, 0.5) is 5.69 Å². The fourth-order valence-electron chi connectivity index (χ4n) is 7.72. The molecule has 264 valence electrons. The fourth-order valence-corrected chi connectivity index (χ4v) is 7.72. The Hall–Kier alpha value is -4.21. The number of para-hydroxylation sites is 2. The second-order valence-electron chi connectivity index (χ2n) is 14.2. The molecule has 2 aromatic heterocycles. The zero-order valence-electron chi connectivity index (χ0n) is 30.6. The fraction of sp³-hybridized carbons (Fsp3) is 0.333. The molecule has 1 aliphatic heterocycles. The van der Waals surface area contributed by atoms with E-state index in [2.05, 4.69) is 129 Å². The molecule has 0 amide bonds. The van der Waals surface area contributed by atoms with Gasteiger partial charge in [-0.1, -0.05) is 108 Å². The molecular formula is C45H48N4OPt. The summed E-state index contributed by atoms with van der Waals surface area (Å²) in [5.74, 6) is 4.43. The standard InChI is InChI=1S/C45H48N4O.Pt/c1-7-15-32(16-8-2)40-29-48(44-36(30(3)4)20-14-21-37(44)31(5)6)45(47-40)33-17-13-18-34(27-33)50-35-24-25-39-38-19-9-10-22-41(38)49(42(39)28-35)43-23-11-12-26-46-43;/h9-14,17-26,30-32,40H,7-8,15-16,29H2,1-6H3;/q-2;+2/t40-;/m0./s1. The summed E-state index contributed by atoms with van der Waals surface area (Å²) in [5, 5.41) is 2.27. The monoisotopic (exact) mass is 855 g/mol. The number of anilines is 1. The molecule has 0 saturated heterocycles. The second-order valence-corrected chi connectivity index (χ2v) is 14.2. The third kappa shape index (κ3) is 7.28. The van der Waals surface area contributed by atoms with Crippen LogP contribution in [0.25, 0.3) is 27.6 Å². The molecule has 5 nitrogen and oxygen atoms in total. The number of aromatic nitrogens is 2. The third-order valence-electron chi connectivity index (χ3n) is 10.1. The SMILES string of the molecule is CCCC(CCC)[C@@H]1CN(c2c(C(C)C)cccc2C(C)C)C(c2[c-]c(Oc3[c-]c4c(cc3)c3ccccc3n4-c3ccccn3)ccc2)=N1.[Pt+2]. The van der Waals surface area contributed by atoms with Gasteiger partial charge in [-0.15, -0.1) is 41.3 Å². The van der Waals surface area contributed by atoms with Gasteiger partial charge in [0.25, 0.3) is 0 Å². The number of benzene rings is 4. The summed E-state index contributed by atoms with van der Waals surface area (Å²) >= 11 is 0. The van der Waals surface area contributed by atoms with Gasteiger partial charge in [-0.25, -0.2) is 4.98 Å². The Morgan fingerprint density at radius 2 is 1.43 bits per heavy atom. The number of ether oxygens (including phenoxy) is 1. The van der Waals surface area contributed by atoms with E-state index >= 15 is 0 Å². The first-order chi connectivity index (χ1) is 24.4. The number of hydrogen-bond acceptors (Lipinski definition) is 4. The summed E-state index contributed by atoms with van der Waals surface area (Å²) in [5.41, 5.74) is 7.01. The van der Waals surface area contributed by atoms with Crippen LogP contribution in [0.3, 0.4) is 0 Å². The van der Waals surface area contributed by atoms with Crippen LogP contribution in [0, 0.1) is 18.1 Å². The van der Waals surface area contributed by atoms with Crippen LogP contribution < -0.4 is 9.64 Å². The summed E-state index contributed by atoms with van der Waals surface area (Å²) in [6.45, 7) is 14.7. The van der Waals surface area contributed by atoms with E-state index in [1.807, 2.05) is 36.5 Å². The van der Waals surface area contributed by atoms with E-state index < -0.39 is 0 Å². The van der Waals surface area contributed by atoms with Gasteiger partial charge in [0, 0.05) is 35.4 Å². The van der Waals surface area contributed by atoms with Gasteiger partial charge in [0.2, 0.25) is 0 Å². The quantitative estimate of drug-likeness (QED) is 0.115. The van der Waals surface area contributed by atoms with Crippen LogP contribution in [0.1, 0.15) is 95.8 Å². The number of amidine groups is 1. The van der Waals surface area contributed by atoms with Crippen LogP contribution >= 0.6 is 0 Å². The normalized spacial score (nSPS) is 14.6. The van der Waals surface area contributed by atoms with Crippen molar-refractivity contribution in [3.8, 4) is 17.3 Å². The summed E-state index contributed by atoms with van der Waals surface area (Å²) < 4.78 is 8.73. The van der Waals surface area contributed by atoms with E-state index in [9.17, 15) is 0 Å². The third-order valence-corrected chi connectivity index (χ3v) is 10.1. The zero-order valence-corrected chi connectivity index (χ0v) is 32.9. The van der Waals surface area contributed by atoms with E-state index in [4.69, 9.17) is 9.73 Å². The molecule has 0 unspecified atom stereocenters. The Balaban J connectivity index is 0.00000448. The van der Waals surface area contributed by atoms with Crippen molar-refractivity contribution in [2.45, 2.75) is 85.1 Å². The second kappa shape index (κ2) is 16.0. The van der Waals surface area contributed by atoms with Crippen molar-refractivity contribution >= 4 is 33.3 Å². The van der Waals surface area contributed by atoms with Gasteiger partial charge in [0.1, 0.15) is 5.82 Å². The summed E-state index contributed by atoms with van der Waals surface area (Å²) in [6, 6.07) is 39.0. The smallest absolute Gasteiger partial charge is 0.503 e. The Morgan fingerprint density at radius 3 is 2.12 bits per heavy atom. The van der Waals surface area contributed by atoms with Gasteiger partial charge >= 0.3 is 21.1 Å². The molecule has 0 aliphatic carbocycles. The van der Waals surface area contributed by atoms with Crippen LogP contribution in [-0.2, 0) is 21.1 Å². The molecule has 0 N–H and O–H groups in total. The molecule has 0 bridgehead atoms. The maximum atomic E-state index is 6.57. The van der Waals surface area contributed by atoms with Crippen molar-refractivity contribution in [1.29, 1.82) is 0 Å². The molecule has 7 rings (SSSR count). The van der Waals surface area contributed by atoms with Crippen LogP contribution in [0.5, 0.6) is 11.5 Å². The number of hydrogen-bond donors (Lipinski definition) is 0. The first-order valence-corrected chi connectivity index (χ1v) is 18.4. The minimum Gasteiger partial charge on any atom is -0.503 e. The number of fused-ring (bicyclic) bond motifs is 3. The van der Waals surface area contributed by atoms with Gasteiger partial charge in [-0.3, -0.25) is 0 Å². The maximum absolute atomic E-state index is 6.57. The van der Waals surface area contributed by atoms with E-state index in [0.717, 1.165) is 45.6 Å². The van der Waals surface area contributed by atoms with Crippen molar-refractivity contribution in [1.82, 2.24) is 9.55 Å². The average molecular weight is 856 g/mol. The first kappa shape index (κ1) is 36.6. The Labute approximate surface area is 318 Å². The Kier molecular flexibility index (Phi) is 11.5. The predicted molar refractivity (Wildman–Crippen MR) is 208 cm³/mol. The maximum Gasteiger partial charge on any atom is 2.00 e. The van der Waals surface area contributed by atoms with Crippen molar-refractivity contribution in [2.75, 3.05) is 11.4 Å². The number of pyridine rings is 1. The summed E-state index contributed by atoms with van der Waals surface area (Å²) in [4.78, 5) is 12.7. The van der Waals surface area contributed by atoms with Crippen molar-refractivity contribution in [2.24, 2.45) is 10.9 Å². The molecular weight excluding hydrogens is 808 g/mol. The largest absolute Gasteiger partial charge is 2.00 e. The van der Waals surface area contributed by atoms with E-state index in [-0.39, 0.29) is 27.1 Å². The minimum absolute atomic E-state index is 0. The number of nitrogens with zero attached hydrogens (tertiary/aromatic N) is 4. The molecule has 0 saturated carbocycles. The van der Waals surface area contributed by atoms with Gasteiger partial charge in [-0.05, 0) is 65.3 Å². The van der Waals surface area contributed by atoms with E-state index in [1.165, 1.54) is 42.5 Å². The van der Waals surface area contributed by atoms with Crippen LogP contribution in [0.2, 0.25) is 0 Å². The average Bonchev–Trinajstić information content (AvgIpc) is 3.71. The molecule has 0 fully saturated rings. The van der Waals surface area contributed by atoms with E-state index in [1.54, 1.807) is 0 Å². The number of rotatable bonds is 12. The Morgan fingerprint density at radius 1 is 0.745 bits per heavy atom. The molecule has 4 aromatic carbocycles. The Bertz CT molecular complexity index is 2100. The van der Waals surface area contributed by atoms with Crippen molar-refractivity contribution in [3.05, 3.63) is 126 Å². The zero-order chi connectivity index (χ0) is 34.8. The molecule has 3 heterocycles. The van der Waals surface area contributed by atoms with Gasteiger partial charge < -0.3 is 19.2 Å². The molecule has 6 aromatic rings. The molecule has 1 aliphatic rings. The van der Waals surface area contributed by atoms with Gasteiger partial charge in [-0.2, -0.15) is 6.07 Å². The first-order valence-electron chi connectivity index (χ1n) is 18.4. The topological polar surface area (TPSA) is 42.6 Å².